The predicted molar refractivity (Wildman–Crippen MR) is 59.5 cm³/mol. The monoisotopic (exact) mass is 256 g/mol. The molecule has 1 aromatic carbocycles. The van der Waals surface area contributed by atoms with Crippen molar-refractivity contribution >= 4 is 22.2 Å². The third-order valence-corrected chi connectivity index (χ3v) is 2.52. The van der Waals surface area contributed by atoms with Crippen molar-refractivity contribution in [3.05, 3.63) is 33.8 Å². The third kappa shape index (κ3) is 3.24. The molecule has 0 aliphatic rings. The van der Waals surface area contributed by atoms with E-state index in [1.807, 2.05) is 19.9 Å². The van der Waals surface area contributed by atoms with E-state index in [2.05, 4.69) is 15.9 Å². The smallest absolute Gasteiger partial charge is 0.150 e. The number of carbonyl (C=O) groups is 1. The highest BCUT2D eigenvalue weighted by atomic mass is 79.9. The molecule has 1 rings (SSSR count). The molecule has 0 unspecified atom stereocenters. The zero-order valence-electron chi connectivity index (χ0n) is 8.29. The number of benzene rings is 1. The molecule has 0 saturated carbocycles. The summed E-state index contributed by atoms with van der Waals surface area (Å²) >= 11 is 3.40. The number of hydrogen-bond donors (Lipinski definition) is 0. The molecule has 0 saturated heterocycles. The van der Waals surface area contributed by atoms with Gasteiger partial charge in [-0.05, 0) is 25.5 Å². The van der Waals surface area contributed by atoms with E-state index in [9.17, 15) is 4.79 Å². The van der Waals surface area contributed by atoms with Crippen LogP contribution in [0.1, 0.15) is 29.8 Å². The number of carbonyl (C=O) groups excluding carboxylic acids is 1. The fourth-order valence-corrected chi connectivity index (χ4v) is 1.52. The van der Waals surface area contributed by atoms with E-state index in [0.29, 0.717) is 12.2 Å². The summed E-state index contributed by atoms with van der Waals surface area (Å²) in [5.41, 5.74) is 1.73. The minimum Gasteiger partial charge on any atom is -0.374 e. The molecule has 76 valence electrons. The highest BCUT2D eigenvalue weighted by Crippen LogP contribution is 2.19. The SMILES string of the molecule is CC(C)OCc1ccc(C=O)cc1Br. The van der Waals surface area contributed by atoms with E-state index in [4.69, 9.17) is 4.74 Å². The molecule has 0 spiro atoms. The van der Waals surface area contributed by atoms with Crippen molar-refractivity contribution in [3.63, 3.8) is 0 Å². The van der Waals surface area contributed by atoms with Gasteiger partial charge < -0.3 is 4.74 Å². The Labute approximate surface area is 92.4 Å². The predicted octanol–water partition coefficient (Wildman–Crippen LogP) is 3.19. The molecule has 0 radical (unpaired) electrons. The maximum absolute atomic E-state index is 10.5. The largest absolute Gasteiger partial charge is 0.374 e. The van der Waals surface area contributed by atoms with Crippen LogP contribution in [-0.2, 0) is 11.3 Å². The van der Waals surface area contributed by atoms with Gasteiger partial charge in [0, 0.05) is 10.0 Å². The maximum Gasteiger partial charge on any atom is 0.150 e. The van der Waals surface area contributed by atoms with Crippen molar-refractivity contribution in [2.75, 3.05) is 0 Å². The molecule has 0 N–H and O–H groups in total. The van der Waals surface area contributed by atoms with Crippen LogP contribution in [0.15, 0.2) is 22.7 Å². The van der Waals surface area contributed by atoms with Crippen LogP contribution >= 0.6 is 15.9 Å². The lowest BCUT2D eigenvalue weighted by atomic mass is 10.1. The number of ether oxygens (including phenoxy) is 1. The van der Waals surface area contributed by atoms with Crippen molar-refractivity contribution in [2.45, 2.75) is 26.6 Å². The molecule has 0 aliphatic carbocycles. The number of halogens is 1. The minimum absolute atomic E-state index is 0.215. The molecule has 0 heterocycles. The lowest BCUT2D eigenvalue weighted by Gasteiger charge is -2.09. The first-order valence-corrected chi connectivity index (χ1v) is 5.28. The van der Waals surface area contributed by atoms with Crippen LogP contribution in [0.2, 0.25) is 0 Å². The molecule has 0 bridgehead atoms. The first-order valence-electron chi connectivity index (χ1n) is 4.48. The average Bonchev–Trinajstić information content (AvgIpc) is 2.15. The summed E-state index contributed by atoms with van der Waals surface area (Å²) in [6.45, 7) is 4.55. The van der Waals surface area contributed by atoms with Crippen LogP contribution in [0.25, 0.3) is 0 Å². The van der Waals surface area contributed by atoms with E-state index in [0.717, 1.165) is 16.3 Å². The number of aldehydes is 1. The molecule has 2 nitrogen and oxygen atoms in total. The van der Waals surface area contributed by atoms with Gasteiger partial charge in [0.15, 0.2) is 0 Å². The van der Waals surface area contributed by atoms with Gasteiger partial charge >= 0.3 is 0 Å². The first kappa shape index (κ1) is 11.4. The van der Waals surface area contributed by atoms with Gasteiger partial charge in [0.25, 0.3) is 0 Å². The van der Waals surface area contributed by atoms with E-state index >= 15 is 0 Å². The van der Waals surface area contributed by atoms with Gasteiger partial charge in [-0.1, -0.05) is 28.1 Å². The van der Waals surface area contributed by atoms with Crippen molar-refractivity contribution in [2.24, 2.45) is 0 Å². The normalized spacial score (nSPS) is 10.6. The Bertz CT molecular complexity index is 321. The Morgan fingerprint density at radius 2 is 2.21 bits per heavy atom. The summed E-state index contributed by atoms with van der Waals surface area (Å²) in [5.74, 6) is 0. The standard InChI is InChI=1S/C11H13BrO2/c1-8(2)14-7-10-4-3-9(6-13)5-11(10)12/h3-6,8H,7H2,1-2H3. The van der Waals surface area contributed by atoms with E-state index in [1.165, 1.54) is 0 Å². The highest BCUT2D eigenvalue weighted by Gasteiger charge is 2.02. The fraction of sp³-hybridized carbons (Fsp3) is 0.364. The lowest BCUT2D eigenvalue weighted by molar-refractivity contribution is 0.0653. The van der Waals surface area contributed by atoms with Crippen LogP contribution in [0.5, 0.6) is 0 Å². The fourth-order valence-electron chi connectivity index (χ4n) is 1.01. The van der Waals surface area contributed by atoms with Crippen molar-refractivity contribution in [1.29, 1.82) is 0 Å². The number of hydrogen-bond acceptors (Lipinski definition) is 2. The van der Waals surface area contributed by atoms with Crippen molar-refractivity contribution in [1.82, 2.24) is 0 Å². The quantitative estimate of drug-likeness (QED) is 0.774. The van der Waals surface area contributed by atoms with Crippen LogP contribution < -0.4 is 0 Å². The Morgan fingerprint density at radius 1 is 1.50 bits per heavy atom. The summed E-state index contributed by atoms with van der Waals surface area (Å²) in [5, 5.41) is 0. The second-order valence-corrected chi connectivity index (χ2v) is 4.18. The summed E-state index contributed by atoms with van der Waals surface area (Å²) in [4.78, 5) is 10.5. The summed E-state index contributed by atoms with van der Waals surface area (Å²) in [6.07, 6.45) is 1.05. The first-order chi connectivity index (χ1) is 6.63. The average molecular weight is 257 g/mol. The van der Waals surface area contributed by atoms with Crippen LogP contribution in [0.3, 0.4) is 0 Å². The lowest BCUT2D eigenvalue weighted by Crippen LogP contribution is -2.02. The zero-order valence-corrected chi connectivity index (χ0v) is 9.87. The molecule has 3 heteroatoms. The van der Waals surface area contributed by atoms with Crippen molar-refractivity contribution in [3.8, 4) is 0 Å². The molecular formula is C11H13BrO2. The van der Waals surface area contributed by atoms with E-state index in [-0.39, 0.29) is 6.10 Å². The van der Waals surface area contributed by atoms with Crippen LogP contribution in [-0.4, -0.2) is 12.4 Å². The maximum atomic E-state index is 10.5. The molecule has 0 fully saturated rings. The van der Waals surface area contributed by atoms with Crippen LogP contribution in [0.4, 0.5) is 0 Å². The molecular weight excluding hydrogens is 244 g/mol. The molecule has 14 heavy (non-hydrogen) atoms. The van der Waals surface area contributed by atoms with Gasteiger partial charge in [0.05, 0.1) is 12.7 Å². The van der Waals surface area contributed by atoms with Gasteiger partial charge in [-0.25, -0.2) is 0 Å². The van der Waals surface area contributed by atoms with E-state index < -0.39 is 0 Å². The molecule has 0 atom stereocenters. The molecule has 0 aromatic heterocycles. The summed E-state index contributed by atoms with van der Waals surface area (Å²) < 4.78 is 6.38. The van der Waals surface area contributed by atoms with Gasteiger partial charge in [-0.2, -0.15) is 0 Å². The topological polar surface area (TPSA) is 26.3 Å². The zero-order chi connectivity index (χ0) is 10.6. The Balaban J connectivity index is 2.73. The van der Waals surface area contributed by atoms with Crippen molar-refractivity contribution < 1.29 is 9.53 Å². The second-order valence-electron chi connectivity index (χ2n) is 3.33. The Hall–Kier alpha value is -0.670. The third-order valence-electron chi connectivity index (χ3n) is 1.79. The molecule has 0 aliphatic heterocycles. The summed E-state index contributed by atoms with van der Waals surface area (Å²) in [7, 11) is 0. The Kier molecular flexibility index (Phi) is 4.29. The van der Waals surface area contributed by atoms with E-state index in [1.54, 1.807) is 12.1 Å². The van der Waals surface area contributed by atoms with Gasteiger partial charge in [-0.15, -0.1) is 0 Å². The Morgan fingerprint density at radius 3 is 2.71 bits per heavy atom. The number of rotatable bonds is 4. The molecule has 1 aromatic rings. The van der Waals surface area contributed by atoms with Gasteiger partial charge in [-0.3, -0.25) is 4.79 Å². The van der Waals surface area contributed by atoms with Crippen LogP contribution in [0, 0.1) is 0 Å². The van der Waals surface area contributed by atoms with Gasteiger partial charge in [0.1, 0.15) is 6.29 Å². The van der Waals surface area contributed by atoms with Gasteiger partial charge in [0.2, 0.25) is 0 Å². The highest BCUT2D eigenvalue weighted by molar-refractivity contribution is 9.10. The summed E-state index contributed by atoms with van der Waals surface area (Å²) in [6, 6.07) is 5.49. The minimum atomic E-state index is 0.215. The second kappa shape index (κ2) is 5.27. The molecule has 0 amide bonds.